The lowest BCUT2D eigenvalue weighted by atomic mass is 10.2. The second-order valence-electron chi connectivity index (χ2n) is 4.44. The van der Waals surface area contributed by atoms with Crippen LogP contribution in [0.4, 0.5) is 10.1 Å². The van der Waals surface area contributed by atoms with Crippen molar-refractivity contribution >= 4 is 43.5 Å². The van der Waals surface area contributed by atoms with E-state index in [9.17, 15) is 22.4 Å². The summed E-state index contributed by atoms with van der Waals surface area (Å²) >= 11 is 2.88. The molecule has 1 saturated heterocycles. The molecule has 10 heteroatoms. The number of benzene rings is 1. The highest BCUT2D eigenvalue weighted by Crippen LogP contribution is 2.29. The van der Waals surface area contributed by atoms with Gasteiger partial charge in [-0.05, 0) is 35.0 Å². The van der Waals surface area contributed by atoms with Crippen molar-refractivity contribution in [2.75, 3.05) is 12.3 Å². The van der Waals surface area contributed by atoms with E-state index in [1.807, 2.05) is 5.32 Å². The van der Waals surface area contributed by atoms with Gasteiger partial charge in [-0.1, -0.05) is 0 Å². The molecule has 2 rings (SSSR count). The zero-order valence-electron chi connectivity index (χ0n) is 10.8. The number of halogens is 2. The van der Waals surface area contributed by atoms with Gasteiger partial charge >= 0.3 is 0 Å². The van der Waals surface area contributed by atoms with Crippen molar-refractivity contribution in [3.8, 4) is 0 Å². The molecule has 0 bridgehead atoms. The minimum Gasteiger partial charge on any atom is -0.398 e. The highest BCUT2D eigenvalue weighted by molar-refractivity contribution is 9.10. The molecule has 1 atom stereocenters. The van der Waals surface area contributed by atoms with Crippen molar-refractivity contribution < 1.29 is 22.4 Å². The second-order valence-corrected chi connectivity index (χ2v) is 7.16. The quantitative estimate of drug-likeness (QED) is 0.563. The number of carbonyl (C=O) groups is 2. The first-order valence-electron chi connectivity index (χ1n) is 5.74. The van der Waals surface area contributed by atoms with E-state index in [-0.39, 0.29) is 15.1 Å². The van der Waals surface area contributed by atoms with Crippen LogP contribution in [0.3, 0.4) is 0 Å². The molecule has 21 heavy (non-hydrogen) atoms. The van der Waals surface area contributed by atoms with Crippen LogP contribution < -0.4 is 11.1 Å². The monoisotopic (exact) mass is 379 g/mol. The molecule has 0 saturated carbocycles. The van der Waals surface area contributed by atoms with Gasteiger partial charge in [0.1, 0.15) is 16.8 Å². The Hall–Kier alpha value is -1.52. The molecule has 0 aliphatic carbocycles. The third-order valence-corrected chi connectivity index (χ3v) is 5.59. The first kappa shape index (κ1) is 15.9. The van der Waals surface area contributed by atoms with Gasteiger partial charge in [0.15, 0.2) is 0 Å². The first-order valence-corrected chi connectivity index (χ1v) is 7.98. The summed E-state index contributed by atoms with van der Waals surface area (Å²) in [5, 5.41) is 2.03. The fraction of sp³-hybridized carbons (Fsp3) is 0.273. The molecule has 1 aromatic carbocycles. The zero-order valence-corrected chi connectivity index (χ0v) is 13.2. The Morgan fingerprint density at radius 3 is 2.67 bits per heavy atom. The van der Waals surface area contributed by atoms with Gasteiger partial charge in [-0.15, -0.1) is 0 Å². The fourth-order valence-corrected chi connectivity index (χ4v) is 4.05. The lowest BCUT2D eigenvalue weighted by molar-refractivity contribution is -0.136. The third-order valence-electron chi connectivity index (χ3n) is 3.01. The molecule has 7 nitrogen and oxygen atoms in total. The van der Waals surface area contributed by atoms with Crippen LogP contribution in [0.1, 0.15) is 6.92 Å². The van der Waals surface area contributed by atoms with Gasteiger partial charge in [0.25, 0.3) is 0 Å². The summed E-state index contributed by atoms with van der Waals surface area (Å²) in [5.74, 6) is -2.18. The molecule has 114 valence electrons. The summed E-state index contributed by atoms with van der Waals surface area (Å²) in [6.07, 6.45) is 0. The van der Waals surface area contributed by atoms with E-state index in [4.69, 9.17) is 5.73 Å². The molecule has 1 aliphatic rings. The van der Waals surface area contributed by atoms with Crippen molar-refractivity contribution in [2.24, 2.45) is 0 Å². The van der Waals surface area contributed by atoms with Crippen LogP contribution in [-0.4, -0.2) is 37.1 Å². The summed E-state index contributed by atoms with van der Waals surface area (Å²) in [4.78, 5) is 22.6. The number of anilines is 1. The van der Waals surface area contributed by atoms with Crippen LogP contribution in [0.25, 0.3) is 0 Å². The van der Waals surface area contributed by atoms with Crippen LogP contribution >= 0.6 is 15.9 Å². The number of carbonyl (C=O) groups excluding carboxylic acids is 2. The van der Waals surface area contributed by atoms with Crippen LogP contribution in [-0.2, 0) is 19.6 Å². The lowest BCUT2D eigenvalue weighted by Crippen LogP contribution is -2.58. The van der Waals surface area contributed by atoms with Gasteiger partial charge < -0.3 is 5.73 Å². The van der Waals surface area contributed by atoms with E-state index in [1.165, 1.54) is 6.92 Å². The predicted molar refractivity (Wildman–Crippen MR) is 75.0 cm³/mol. The van der Waals surface area contributed by atoms with Gasteiger partial charge in [-0.2, -0.15) is 4.31 Å². The molecule has 2 amide bonds. The second kappa shape index (κ2) is 5.35. The minimum absolute atomic E-state index is 0.0873. The largest absolute Gasteiger partial charge is 0.398 e. The highest BCUT2D eigenvalue weighted by atomic mass is 79.9. The van der Waals surface area contributed by atoms with E-state index in [1.54, 1.807) is 0 Å². The molecule has 1 heterocycles. The number of sulfonamides is 1. The molecule has 0 spiro atoms. The van der Waals surface area contributed by atoms with Crippen LogP contribution in [0, 0.1) is 5.82 Å². The lowest BCUT2D eigenvalue weighted by Gasteiger charge is -2.31. The normalized spacial score (nSPS) is 20.4. The van der Waals surface area contributed by atoms with Crippen molar-refractivity contribution in [2.45, 2.75) is 17.9 Å². The third kappa shape index (κ3) is 2.78. The summed E-state index contributed by atoms with van der Waals surface area (Å²) < 4.78 is 39.1. The van der Waals surface area contributed by atoms with Gasteiger partial charge in [-0.3, -0.25) is 14.9 Å². The zero-order chi connectivity index (χ0) is 15.9. The molecule has 0 radical (unpaired) electrons. The van der Waals surface area contributed by atoms with E-state index < -0.39 is 40.2 Å². The number of piperazine rings is 1. The summed E-state index contributed by atoms with van der Waals surface area (Å²) in [6.45, 7) is 0.831. The van der Waals surface area contributed by atoms with Crippen LogP contribution in [0.15, 0.2) is 21.5 Å². The summed E-state index contributed by atoms with van der Waals surface area (Å²) in [5.41, 5.74) is 5.24. The first-order chi connectivity index (χ1) is 9.64. The Morgan fingerprint density at radius 1 is 1.43 bits per heavy atom. The van der Waals surface area contributed by atoms with Gasteiger partial charge in [0.05, 0.1) is 16.7 Å². The molecule has 1 aromatic rings. The molecule has 3 N–H and O–H groups in total. The van der Waals surface area contributed by atoms with Crippen molar-refractivity contribution in [3.05, 3.63) is 22.4 Å². The standard InChI is InChI=1S/C11H11BrFN3O4S/c1-5-11(18)15-10(17)4-16(5)21(19,20)9-2-6(12)7(13)3-8(9)14/h2-3,5H,4,14H2,1H3,(H,15,17,18). The number of hydrogen-bond acceptors (Lipinski definition) is 5. The van der Waals surface area contributed by atoms with Gasteiger partial charge in [0.2, 0.25) is 21.8 Å². The van der Waals surface area contributed by atoms with E-state index in [0.29, 0.717) is 0 Å². The number of nitrogen functional groups attached to an aromatic ring is 1. The fourth-order valence-electron chi connectivity index (χ4n) is 1.88. The van der Waals surface area contributed by atoms with E-state index in [0.717, 1.165) is 16.4 Å². The van der Waals surface area contributed by atoms with Crippen molar-refractivity contribution in [1.29, 1.82) is 0 Å². The molecule has 1 fully saturated rings. The maximum atomic E-state index is 13.3. The molecule has 1 aliphatic heterocycles. The van der Waals surface area contributed by atoms with Crippen molar-refractivity contribution in [1.82, 2.24) is 9.62 Å². The SMILES string of the molecule is CC1C(=O)NC(=O)CN1S(=O)(=O)c1cc(Br)c(F)cc1N. The average molecular weight is 380 g/mol. The number of amides is 2. The van der Waals surface area contributed by atoms with Gasteiger partial charge in [0, 0.05) is 0 Å². The van der Waals surface area contributed by atoms with Crippen LogP contribution in [0.5, 0.6) is 0 Å². The minimum atomic E-state index is -4.22. The number of rotatable bonds is 2. The van der Waals surface area contributed by atoms with E-state index >= 15 is 0 Å². The number of nitrogens with two attached hydrogens (primary N) is 1. The van der Waals surface area contributed by atoms with Crippen LogP contribution in [0.2, 0.25) is 0 Å². The Kier molecular flexibility index (Phi) is 4.04. The number of nitrogens with one attached hydrogen (secondary N) is 1. The predicted octanol–water partition coefficient (Wildman–Crippen LogP) is 0.206. The summed E-state index contributed by atoms with van der Waals surface area (Å²) in [7, 11) is -4.22. The Balaban J connectivity index is 2.54. The highest BCUT2D eigenvalue weighted by Gasteiger charge is 2.39. The number of imide groups is 1. The topological polar surface area (TPSA) is 110 Å². The average Bonchev–Trinajstić information content (AvgIpc) is 2.37. The van der Waals surface area contributed by atoms with Gasteiger partial charge in [-0.25, -0.2) is 12.8 Å². The molecular weight excluding hydrogens is 369 g/mol. The Morgan fingerprint density at radius 2 is 2.05 bits per heavy atom. The Bertz CT molecular complexity index is 737. The number of nitrogens with zero attached hydrogens (tertiary/aromatic N) is 1. The summed E-state index contributed by atoms with van der Waals surface area (Å²) in [6, 6.07) is 0.785. The van der Waals surface area contributed by atoms with E-state index in [2.05, 4.69) is 15.9 Å². The maximum Gasteiger partial charge on any atom is 0.246 e. The molecular formula is C11H11BrFN3O4S. The smallest absolute Gasteiger partial charge is 0.246 e. The maximum absolute atomic E-state index is 13.3. The Labute approximate surface area is 128 Å². The molecule has 0 aromatic heterocycles. The molecule has 1 unspecified atom stereocenters. The van der Waals surface area contributed by atoms with Crippen molar-refractivity contribution in [3.63, 3.8) is 0 Å². The number of hydrogen-bond donors (Lipinski definition) is 2.